The zero-order valence-corrected chi connectivity index (χ0v) is 10.3. The fraction of sp³-hybridized carbons (Fsp3) is 0.273. The van der Waals surface area contributed by atoms with Crippen LogP contribution in [0, 0.1) is 0 Å². The molecule has 1 atom stereocenters. The van der Waals surface area contributed by atoms with Crippen LogP contribution in [0.5, 0.6) is 0 Å². The number of imidazole rings is 1. The number of halogens is 3. The summed E-state index contributed by atoms with van der Waals surface area (Å²) >= 11 is 0.377. The summed E-state index contributed by atoms with van der Waals surface area (Å²) in [7, 11) is 0. The van der Waals surface area contributed by atoms with Gasteiger partial charge in [-0.3, -0.25) is 4.79 Å². The van der Waals surface area contributed by atoms with Crippen molar-refractivity contribution in [1.29, 1.82) is 0 Å². The van der Waals surface area contributed by atoms with Crippen LogP contribution >= 0.6 is 11.8 Å². The number of hydrogen-bond acceptors (Lipinski definition) is 3. The number of hydrogen-bond donors (Lipinski definition) is 2. The molecular formula is C11H9F3N2O2S. The molecule has 0 aliphatic carbocycles. The summed E-state index contributed by atoms with van der Waals surface area (Å²) in [5.74, 6) is -1.49. The van der Waals surface area contributed by atoms with Gasteiger partial charge in [-0.1, -0.05) is 23.9 Å². The van der Waals surface area contributed by atoms with Gasteiger partial charge in [0.1, 0.15) is 5.25 Å². The first-order valence-corrected chi connectivity index (χ1v) is 6.14. The summed E-state index contributed by atoms with van der Waals surface area (Å²) in [6.45, 7) is 0. The number of nitrogens with zero attached hydrogens (tertiary/aromatic N) is 1. The second-order valence-electron chi connectivity index (χ2n) is 3.81. The van der Waals surface area contributed by atoms with Gasteiger partial charge in [0.05, 0.1) is 17.5 Å². The molecule has 1 aromatic carbocycles. The van der Waals surface area contributed by atoms with Crippen molar-refractivity contribution in [1.82, 2.24) is 9.97 Å². The largest absolute Gasteiger partial charge is 0.481 e. The molecule has 0 spiro atoms. The molecule has 0 aliphatic heterocycles. The predicted octanol–water partition coefficient (Wildman–Crippen LogP) is 3.06. The van der Waals surface area contributed by atoms with Gasteiger partial charge < -0.3 is 10.1 Å². The van der Waals surface area contributed by atoms with E-state index in [-0.39, 0.29) is 5.16 Å². The molecule has 102 valence electrons. The minimum atomic E-state index is -4.60. The second kappa shape index (κ2) is 5.12. The first kappa shape index (κ1) is 13.7. The highest BCUT2D eigenvalue weighted by atomic mass is 32.2. The molecule has 0 amide bonds. The minimum Gasteiger partial charge on any atom is -0.481 e. The Kier molecular flexibility index (Phi) is 3.70. The zero-order valence-electron chi connectivity index (χ0n) is 9.44. The Bertz CT molecular complexity index is 564. The van der Waals surface area contributed by atoms with Crippen LogP contribution in [0.4, 0.5) is 13.2 Å². The Morgan fingerprint density at radius 2 is 2.11 bits per heavy atom. The number of aromatic amines is 1. The first-order valence-electron chi connectivity index (χ1n) is 5.26. The number of aliphatic carboxylic acids is 1. The molecule has 0 fully saturated rings. The van der Waals surface area contributed by atoms with E-state index in [9.17, 15) is 18.0 Å². The third kappa shape index (κ3) is 3.40. The van der Waals surface area contributed by atoms with Crippen LogP contribution in [0.15, 0.2) is 29.4 Å². The van der Waals surface area contributed by atoms with Crippen molar-refractivity contribution in [2.45, 2.75) is 23.0 Å². The van der Waals surface area contributed by atoms with Crippen molar-refractivity contribution < 1.29 is 23.1 Å². The van der Waals surface area contributed by atoms with E-state index in [1.807, 2.05) is 0 Å². The maximum Gasteiger partial charge on any atom is 0.401 e. The average Bonchev–Trinajstić information content (AvgIpc) is 2.68. The van der Waals surface area contributed by atoms with E-state index in [2.05, 4.69) is 9.97 Å². The number of para-hydroxylation sites is 2. The SMILES string of the molecule is O=C(O)CC(Sc1nc2ccccc2[nH]1)C(F)(F)F. The van der Waals surface area contributed by atoms with Crippen LogP contribution in [0.2, 0.25) is 0 Å². The van der Waals surface area contributed by atoms with Crippen LogP contribution in [0.25, 0.3) is 11.0 Å². The van der Waals surface area contributed by atoms with Gasteiger partial charge in [0.15, 0.2) is 5.16 Å². The van der Waals surface area contributed by atoms with E-state index in [0.29, 0.717) is 22.8 Å². The normalized spacial score (nSPS) is 13.6. The Labute approximate surface area is 110 Å². The molecule has 2 rings (SSSR count). The average molecular weight is 290 g/mol. The number of rotatable bonds is 4. The van der Waals surface area contributed by atoms with E-state index >= 15 is 0 Å². The number of carbonyl (C=O) groups is 1. The predicted molar refractivity (Wildman–Crippen MR) is 64.0 cm³/mol. The molecule has 1 aromatic heterocycles. The number of nitrogens with one attached hydrogen (secondary N) is 1. The van der Waals surface area contributed by atoms with E-state index in [4.69, 9.17) is 5.11 Å². The molecule has 0 aliphatic rings. The highest BCUT2D eigenvalue weighted by molar-refractivity contribution is 7.99. The van der Waals surface area contributed by atoms with Gasteiger partial charge >= 0.3 is 12.1 Å². The van der Waals surface area contributed by atoms with Crippen molar-refractivity contribution in [2.24, 2.45) is 0 Å². The third-order valence-corrected chi connectivity index (χ3v) is 3.48. The number of carboxylic acids is 1. The van der Waals surface area contributed by atoms with Gasteiger partial charge in [0.2, 0.25) is 0 Å². The van der Waals surface area contributed by atoms with E-state index in [0.717, 1.165) is 0 Å². The highest BCUT2D eigenvalue weighted by Crippen LogP contribution is 2.36. The fourth-order valence-corrected chi connectivity index (χ4v) is 2.45. The van der Waals surface area contributed by atoms with Crippen molar-refractivity contribution in [3.8, 4) is 0 Å². The lowest BCUT2D eigenvalue weighted by Crippen LogP contribution is -2.28. The Balaban J connectivity index is 2.23. The van der Waals surface area contributed by atoms with Gasteiger partial charge in [-0.2, -0.15) is 13.2 Å². The molecule has 0 radical (unpaired) electrons. The van der Waals surface area contributed by atoms with E-state index < -0.39 is 23.8 Å². The van der Waals surface area contributed by atoms with Crippen molar-refractivity contribution >= 4 is 28.8 Å². The number of H-pyrrole nitrogens is 1. The van der Waals surface area contributed by atoms with Gasteiger partial charge in [-0.05, 0) is 12.1 Å². The van der Waals surface area contributed by atoms with Crippen LogP contribution in [-0.2, 0) is 4.79 Å². The van der Waals surface area contributed by atoms with E-state index in [1.165, 1.54) is 0 Å². The lowest BCUT2D eigenvalue weighted by molar-refractivity contribution is -0.149. The smallest absolute Gasteiger partial charge is 0.401 e. The first-order chi connectivity index (χ1) is 8.86. The summed E-state index contributed by atoms with van der Waals surface area (Å²) < 4.78 is 38.1. The molecule has 1 heterocycles. The molecule has 8 heteroatoms. The number of benzene rings is 1. The van der Waals surface area contributed by atoms with E-state index in [1.54, 1.807) is 24.3 Å². The lowest BCUT2D eigenvalue weighted by atomic mass is 10.3. The molecule has 1 unspecified atom stereocenters. The second-order valence-corrected chi connectivity index (χ2v) is 5.00. The van der Waals surface area contributed by atoms with Crippen molar-refractivity contribution in [3.63, 3.8) is 0 Å². The minimum absolute atomic E-state index is 0.0600. The molecule has 0 saturated heterocycles. The Hall–Kier alpha value is -1.70. The number of fused-ring (bicyclic) bond motifs is 1. The molecule has 0 bridgehead atoms. The summed E-state index contributed by atoms with van der Waals surface area (Å²) in [4.78, 5) is 17.2. The standard InChI is InChI=1S/C11H9F3N2O2S/c12-11(13,14)8(5-9(17)18)19-10-15-6-3-1-2-4-7(6)16-10/h1-4,8H,5H2,(H,15,16)(H,17,18). The number of aromatic nitrogens is 2. The molecule has 4 nitrogen and oxygen atoms in total. The fourth-order valence-electron chi connectivity index (χ4n) is 1.50. The molecule has 2 aromatic rings. The summed E-state index contributed by atoms with van der Waals surface area (Å²) in [6, 6.07) is 6.80. The lowest BCUT2D eigenvalue weighted by Gasteiger charge is -2.16. The number of carboxylic acid groups (broad SMARTS) is 1. The van der Waals surface area contributed by atoms with Gasteiger partial charge in [0, 0.05) is 0 Å². The third-order valence-electron chi connectivity index (χ3n) is 2.35. The summed E-state index contributed by atoms with van der Waals surface area (Å²) in [5, 5.41) is 6.56. The molecule has 0 saturated carbocycles. The summed E-state index contributed by atoms with van der Waals surface area (Å²) in [5.41, 5.74) is 1.16. The summed E-state index contributed by atoms with van der Waals surface area (Å²) in [6.07, 6.45) is -5.59. The highest BCUT2D eigenvalue weighted by Gasteiger charge is 2.42. The van der Waals surface area contributed by atoms with Gasteiger partial charge in [-0.25, -0.2) is 4.98 Å². The maximum absolute atomic E-state index is 12.7. The Morgan fingerprint density at radius 3 is 2.68 bits per heavy atom. The molecule has 2 N–H and O–H groups in total. The van der Waals surface area contributed by atoms with Crippen LogP contribution in [-0.4, -0.2) is 32.5 Å². The monoisotopic (exact) mass is 290 g/mol. The van der Waals surface area contributed by atoms with Crippen LogP contribution in [0.3, 0.4) is 0 Å². The van der Waals surface area contributed by atoms with Crippen LogP contribution < -0.4 is 0 Å². The molecular weight excluding hydrogens is 281 g/mol. The maximum atomic E-state index is 12.7. The van der Waals surface area contributed by atoms with Crippen LogP contribution in [0.1, 0.15) is 6.42 Å². The Morgan fingerprint density at radius 1 is 1.42 bits per heavy atom. The van der Waals surface area contributed by atoms with Crippen molar-refractivity contribution in [3.05, 3.63) is 24.3 Å². The quantitative estimate of drug-likeness (QED) is 0.849. The van der Waals surface area contributed by atoms with Gasteiger partial charge in [0.25, 0.3) is 0 Å². The number of thioether (sulfide) groups is 1. The van der Waals surface area contributed by atoms with Crippen molar-refractivity contribution in [2.75, 3.05) is 0 Å². The van der Waals surface area contributed by atoms with Gasteiger partial charge in [-0.15, -0.1) is 0 Å². The topological polar surface area (TPSA) is 66.0 Å². The number of alkyl halides is 3. The molecule has 19 heavy (non-hydrogen) atoms. The zero-order chi connectivity index (χ0) is 14.0.